The van der Waals surface area contributed by atoms with Gasteiger partial charge < -0.3 is 9.84 Å². The molecule has 1 aromatic rings. The fourth-order valence-corrected chi connectivity index (χ4v) is 1.69. The van der Waals surface area contributed by atoms with Crippen LogP contribution in [0.25, 0.3) is 6.08 Å². The zero-order valence-corrected chi connectivity index (χ0v) is 8.43. The summed E-state index contributed by atoms with van der Waals surface area (Å²) >= 11 is 0. The maximum Gasteiger partial charge on any atom is 0.335 e. The number of hydrogen-bond donors (Lipinski definition) is 1. The van der Waals surface area contributed by atoms with Crippen LogP contribution < -0.4 is 4.74 Å². The van der Waals surface area contributed by atoms with Crippen molar-refractivity contribution in [1.82, 2.24) is 0 Å². The van der Waals surface area contributed by atoms with Crippen LogP contribution in [0.1, 0.15) is 18.9 Å². The molecule has 1 heterocycles. The number of hydrogen-bond acceptors (Lipinski definition) is 2. The number of carboxylic acids is 1. The van der Waals surface area contributed by atoms with Crippen LogP contribution in [0.15, 0.2) is 29.8 Å². The van der Waals surface area contributed by atoms with Gasteiger partial charge in [0, 0.05) is 5.56 Å². The fraction of sp³-hybridized carbons (Fsp3) is 0.250. The summed E-state index contributed by atoms with van der Waals surface area (Å²) in [5, 5.41) is 9.02. The van der Waals surface area contributed by atoms with Crippen molar-refractivity contribution in [3.05, 3.63) is 35.4 Å². The first kappa shape index (κ1) is 9.77. The van der Waals surface area contributed by atoms with Gasteiger partial charge in [0.15, 0.2) is 0 Å². The summed E-state index contributed by atoms with van der Waals surface area (Å²) in [4.78, 5) is 11.0. The highest BCUT2D eigenvalue weighted by Crippen LogP contribution is 2.30. The number of rotatable bonds is 2. The predicted molar refractivity (Wildman–Crippen MR) is 56.8 cm³/mol. The smallest absolute Gasteiger partial charge is 0.335 e. The van der Waals surface area contributed by atoms with Crippen LogP contribution >= 0.6 is 0 Å². The molecule has 3 nitrogen and oxygen atoms in total. The largest absolute Gasteiger partial charge is 0.485 e. The van der Waals surface area contributed by atoms with Gasteiger partial charge in [0.1, 0.15) is 11.9 Å². The molecule has 3 heteroatoms. The Balaban J connectivity index is 2.46. The van der Waals surface area contributed by atoms with Crippen LogP contribution in [0, 0.1) is 0 Å². The summed E-state index contributed by atoms with van der Waals surface area (Å²) in [6.07, 6.45) is 2.01. The average Bonchev–Trinajstić information content (AvgIpc) is 2.27. The van der Waals surface area contributed by atoms with Crippen molar-refractivity contribution in [3.63, 3.8) is 0 Å². The summed E-state index contributed by atoms with van der Waals surface area (Å²) in [5.74, 6) is -0.147. The first-order valence-corrected chi connectivity index (χ1v) is 4.93. The minimum Gasteiger partial charge on any atom is -0.485 e. The van der Waals surface area contributed by atoms with Gasteiger partial charge in [-0.3, -0.25) is 0 Å². The van der Waals surface area contributed by atoms with Crippen molar-refractivity contribution in [2.24, 2.45) is 0 Å². The second-order valence-electron chi connectivity index (χ2n) is 3.46. The molecular weight excluding hydrogens is 192 g/mol. The molecule has 1 aromatic carbocycles. The van der Waals surface area contributed by atoms with Gasteiger partial charge in [-0.05, 0) is 18.6 Å². The van der Waals surface area contributed by atoms with Crippen LogP contribution in [-0.4, -0.2) is 17.2 Å². The van der Waals surface area contributed by atoms with Gasteiger partial charge in [0.25, 0.3) is 0 Å². The van der Waals surface area contributed by atoms with Crippen LogP contribution in [-0.2, 0) is 4.79 Å². The van der Waals surface area contributed by atoms with E-state index >= 15 is 0 Å². The van der Waals surface area contributed by atoms with Gasteiger partial charge in [-0.1, -0.05) is 25.1 Å². The Kier molecular flexibility index (Phi) is 2.46. The second kappa shape index (κ2) is 3.77. The minimum absolute atomic E-state index is 0.330. The van der Waals surface area contributed by atoms with E-state index in [2.05, 4.69) is 0 Å². The number of aliphatic carboxylic acids is 1. The normalized spacial score (nSPS) is 18.7. The van der Waals surface area contributed by atoms with E-state index < -0.39 is 5.97 Å². The van der Waals surface area contributed by atoms with Gasteiger partial charge in [0.2, 0.25) is 0 Å². The fourth-order valence-electron chi connectivity index (χ4n) is 1.69. The second-order valence-corrected chi connectivity index (χ2v) is 3.46. The Morgan fingerprint density at radius 2 is 2.20 bits per heavy atom. The molecule has 0 fully saturated rings. The molecule has 0 aliphatic carbocycles. The zero-order valence-electron chi connectivity index (χ0n) is 8.43. The Morgan fingerprint density at radius 3 is 2.87 bits per heavy atom. The first-order valence-electron chi connectivity index (χ1n) is 4.93. The number of benzene rings is 1. The van der Waals surface area contributed by atoms with Gasteiger partial charge in [-0.25, -0.2) is 4.79 Å². The molecule has 2 rings (SSSR count). The van der Waals surface area contributed by atoms with Gasteiger partial charge >= 0.3 is 5.97 Å². The maximum atomic E-state index is 11.0. The van der Waals surface area contributed by atoms with Crippen LogP contribution in [0.4, 0.5) is 0 Å². The zero-order chi connectivity index (χ0) is 10.8. The van der Waals surface area contributed by atoms with Crippen molar-refractivity contribution >= 4 is 12.0 Å². The van der Waals surface area contributed by atoms with Crippen LogP contribution in [0.5, 0.6) is 5.75 Å². The Labute approximate surface area is 88.0 Å². The van der Waals surface area contributed by atoms with E-state index in [4.69, 9.17) is 9.84 Å². The maximum absolute atomic E-state index is 11.0. The molecule has 0 amide bonds. The topological polar surface area (TPSA) is 46.5 Å². The molecule has 0 saturated carbocycles. The quantitative estimate of drug-likeness (QED) is 0.804. The predicted octanol–water partition coefficient (Wildman–Crippen LogP) is 2.33. The molecule has 0 radical (unpaired) electrons. The molecular formula is C12H12O3. The number of ether oxygens (including phenoxy) is 1. The summed E-state index contributed by atoms with van der Waals surface area (Å²) in [5.41, 5.74) is 1.16. The average molecular weight is 204 g/mol. The molecule has 0 aromatic heterocycles. The summed E-state index contributed by atoms with van der Waals surface area (Å²) in [6, 6.07) is 7.45. The highest BCUT2D eigenvalue weighted by atomic mass is 16.5. The SMILES string of the molecule is CCC1Oc2ccccc2C=C1C(=O)O. The summed E-state index contributed by atoms with van der Waals surface area (Å²) in [6.45, 7) is 1.91. The van der Waals surface area contributed by atoms with E-state index in [1.54, 1.807) is 6.08 Å². The lowest BCUT2D eigenvalue weighted by Crippen LogP contribution is -2.26. The van der Waals surface area contributed by atoms with Crippen molar-refractivity contribution in [2.75, 3.05) is 0 Å². The van der Waals surface area contributed by atoms with Gasteiger partial charge in [-0.15, -0.1) is 0 Å². The highest BCUT2D eigenvalue weighted by molar-refractivity contribution is 5.94. The van der Waals surface area contributed by atoms with Crippen molar-refractivity contribution in [2.45, 2.75) is 19.4 Å². The third-order valence-corrected chi connectivity index (χ3v) is 2.46. The molecule has 15 heavy (non-hydrogen) atoms. The minimum atomic E-state index is -0.906. The number of para-hydroxylation sites is 1. The monoisotopic (exact) mass is 204 g/mol. The van der Waals surface area contributed by atoms with Crippen molar-refractivity contribution < 1.29 is 14.6 Å². The Morgan fingerprint density at radius 1 is 1.47 bits per heavy atom. The van der Waals surface area contributed by atoms with Crippen LogP contribution in [0.2, 0.25) is 0 Å². The molecule has 1 aliphatic rings. The molecule has 1 N–H and O–H groups in total. The number of carboxylic acid groups (broad SMARTS) is 1. The highest BCUT2D eigenvalue weighted by Gasteiger charge is 2.25. The molecule has 1 aliphatic heterocycles. The Bertz CT molecular complexity index is 421. The van der Waals surface area contributed by atoms with E-state index in [0.717, 1.165) is 11.3 Å². The molecule has 0 spiro atoms. The molecule has 0 bridgehead atoms. The van der Waals surface area contributed by atoms with Gasteiger partial charge in [-0.2, -0.15) is 0 Å². The van der Waals surface area contributed by atoms with Crippen molar-refractivity contribution in [1.29, 1.82) is 0 Å². The summed E-state index contributed by atoms with van der Waals surface area (Å²) < 4.78 is 5.61. The number of carbonyl (C=O) groups is 1. The lowest BCUT2D eigenvalue weighted by Gasteiger charge is -2.24. The van der Waals surface area contributed by atoms with Crippen LogP contribution in [0.3, 0.4) is 0 Å². The third-order valence-electron chi connectivity index (χ3n) is 2.46. The van der Waals surface area contributed by atoms with E-state index in [-0.39, 0.29) is 6.10 Å². The summed E-state index contributed by atoms with van der Waals surface area (Å²) in [7, 11) is 0. The first-order chi connectivity index (χ1) is 7.22. The lowest BCUT2D eigenvalue weighted by atomic mass is 10.0. The van der Waals surface area contributed by atoms with Gasteiger partial charge in [0.05, 0.1) is 5.57 Å². The molecule has 0 saturated heterocycles. The third kappa shape index (κ3) is 1.73. The van der Waals surface area contributed by atoms with E-state index in [9.17, 15) is 4.79 Å². The number of fused-ring (bicyclic) bond motifs is 1. The standard InChI is InChI=1S/C12H12O3/c1-2-10-9(12(13)14)7-8-5-3-4-6-11(8)15-10/h3-7,10H,2H2,1H3,(H,13,14). The molecule has 1 atom stereocenters. The van der Waals surface area contributed by atoms with Crippen molar-refractivity contribution in [3.8, 4) is 5.75 Å². The van der Waals surface area contributed by atoms with E-state index in [1.807, 2.05) is 31.2 Å². The molecule has 1 unspecified atom stereocenters. The van der Waals surface area contributed by atoms with E-state index in [0.29, 0.717) is 12.0 Å². The molecule has 78 valence electrons. The van der Waals surface area contributed by atoms with E-state index in [1.165, 1.54) is 0 Å². The lowest BCUT2D eigenvalue weighted by molar-refractivity contribution is -0.133. The Hall–Kier alpha value is -1.77.